The Morgan fingerprint density at radius 1 is 1.57 bits per heavy atom. The molecule has 1 unspecified atom stereocenters. The van der Waals surface area contributed by atoms with Gasteiger partial charge < -0.3 is 10.4 Å². The summed E-state index contributed by atoms with van der Waals surface area (Å²) in [6.45, 7) is 3.73. The third-order valence-corrected chi connectivity index (χ3v) is 1.87. The zero-order valence-electron chi connectivity index (χ0n) is 8.45. The van der Waals surface area contributed by atoms with Crippen molar-refractivity contribution in [2.75, 3.05) is 11.9 Å². The third kappa shape index (κ3) is 3.18. The molecule has 76 valence electrons. The summed E-state index contributed by atoms with van der Waals surface area (Å²) in [5.41, 5.74) is 1.54. The van der Waals surface area contributed by atoms with Crippen molar-refractivity contribution in [1.82, 2.24) is 0 Å². The van der Waals surface area contributed by atoms with Gasteiger partial charge in [-0.25, -0.2) is 0 Å². The average molecular weight is 193 g/mol. The number of Topliss-reactive ketones (excluding diaryl/α,β-unsaturated/α-hetero) is 1. The normalized spacial score (nSPS) is 12.2. The summed E-state index contributed by atoms with van der Waals surface area (Å²) in [5.74, 6) is 0.0469. The number of rotatable bonds is 4. The number of carbonyl (C=O) groups excluding carboxylic acids is 1. The molecule has 2 N–H and O–H groups in total. The highest BCUT2D eigenvalue weighted by atomic mass is 16.3. The fourth-order valence-corrected chi connectivity index (χ4v) is 1.11. The summed E-state index contributed by atoms with van der Waals surface area (Å²) in [6, 6.07) is 7.25. The predicted molar refractivity (Wildman–Crippen MR) is 56.6 cm³/mol. The van der Waals surface area contributed by atoms with E-state index in [0.717, 1.165) is 5.69 Å². The Hall–Kier alpha value is -1.35. The highest BCUT2D eigenvalue weighted by molar-refractivity contribution is 5.94. The molecule has 3 nitrogen and oxygen atoms in total. The molecule has 1 rings (SSSR count). The average Bonchev–Trinajstić information content (AvgIpc) is 2.15. The van der Waals surface area contributed by atoms with Gasteiger partial charge in [-0.2, -0.15) is 0 Å². The Morgan fingerprint density at radius 3 is 2.86 bits per heavy atom. The molecule has 1 aromatic carbocycles. The second-order valence-electron chi connectivity index (χ2n) is 3.37. The number of benzene rings is 1. The molecule has 0 aliphatic carbocycles. The number of nitrogens with one attached hydrogen (secondary N) is 1. The summed E-state index contributed by atoms with van der Waals surface area (Å²) in [7, 11) is 0. The van der Waals surface area contributed by atoms with Crippen LogP contribution in [0, 0.1) is 0 Å². The summed E-state index contributed by atoms with van der Waals surface area (Å²) >= 11 is 0. The minimum Gasteiger partial charge on any atom is -0.392 e. The lowest BCUT2D eigenvalue weighted by molar-refractivity contribution is 0.101. The van der Waals surface area contributed by atoms with E-state index in [1.807, 2.05) is 12.1 Å². The number of anilines is 1. The Labute approximate surface area is 83.8 Å². The Kier molecular flexibility index (Phi) is 3.65. The van der Waals surface area contributed by atoms with Gasteiger partial charge in [-0.1, -0.05) is 12.1 Å². The zero-order chi connectivity index (χ0) is 10.6. The van der Waals surface area contributed by atoms with Gasteiger partial charge in [0.1, 0.15) is 0 Å². The van der Waals surface area contributed by atoms with Crippen molar-refractivity contribution in [2.24, 2.45) is 0 Å². The van der Waals surface area contributed by atoms with E-state index in [2.05, 4.69) is 5.32 Å². The van der Waals surface area contributed by atoms with E-state index in [1.54, 1.807) is 19.1 Å². The molecule has 0 saturated carbocycles. The van der Waals surface area contributed by atoms with Crippen LogP contribution in [-0.2, 0) is 0 Å². The van der Waals surface area contributed by atoms with Crippen molar-refractivity contribution in [1.29, 1.82) is 0 Å². The molecule has 0 saturated heterocycles. The van der Waals surface area contributed by atoms with Crippen molar-refractivity contribution >= 4 is 11.5 Å². The fraction of sp³-hybridized carbons (Fsp3) is 0.364. The molecule has 3 heteroatoms. The van der Waals surface area contributed by atoms with Gasteiger partial charge in [0.2, 0.25) is 0 Å². The maximum atomic E-state index is 11.1. The molecule has 14 heavy (non-hydrogen) atoms. The first kappa shape index (κ1) is 10.7. The molecule has 0 aliphatic heterocycles. The zero-order valence-corrected chi connectivity index (χ0v) is 8.45. The summed E-state index contributed by atoms with van der Waals surface area (Å²) in [5, 5.41) is 12.1. The topological polar surface area (TPSA) is 49.3 Å². The van der Waals surface area contributed by atoms with E-state index in [-0.39, 0.29) is 5.78 Å². The summed E-state index contributed by atoms with van der Waals surface area (Å²) in [4.78, 5) is 11.1. The maximum absolute atomic E-state index is 11.1. The quantitative estimate of drug-likeness (QED) is 0.715. The lowest BCUT2D eigenvalue weighted by Gasteiger charge is -2.08. The maximum Gasteiger partial charge on any atom is 0.159 e. The van der Waals surface area contributed by atoms with Gasteiger partial charge in [0.05, 0.1) is 6.10 Å². The van der Waals surface area contributed by atoms with Crippen LogP contribution in [0.15, 0.2) is 24.3 Å². The van der Waals surface area contributed by atoms with Gasteiger partial charge in [0.15, 0.2) is 5.78 Å². The SMILES string of the molecule is CC(=O)c1cccc(NCC(C)O)c1. The predicted octanol–water partition coefficient (Wildman–Crippen LogP) is 1.68. The second-order valence-corrected chi connectivity index (χ2v) is 3.37. The van der Waals surface area contributed by atoms with Crippen LogP contribution >= 0.6 is 0 Å². The standard InChI is InChI=1S/C11H15NO2/c1-8(13)7-12-11-5-3-4-10(6-11)9(2)14/h3-6,8,12-13H,7H2,1-2H3. The van der Waals surface area contributed by atoms with E-state index in [1.165, 1.54) is 6.92 Å². The van der Waals surface area contributed by atoms with Crippen LogP contribution in [0.1, 0.15) is 24.2 Å². The van der Waals surface area contributed by atoms with Crippen molar-refractivity contribution in [3.05, 3.63) is 29.8 Å². The highest BCUT2D eigenvalue weighted by Crippen LogP contribution is 2.10. The molecule has 0 amide bonds. The van der Waals surface area contributed by atoms with E-state index in [9.17, 15) is 4.79 Å². The van der Waals surface area contributed by atoms with Crippen molar-refractivity contribution < 1.29 is 9.90 Å². The number of hydrogen-bond acceptors (Lipinski definition) is 3. The Bertz CT molecular complexity index is 321. The Balaban J connectivity index is 2.69. The molecule has 0 fully saturated rings. The first-order valence-corrected chi connectivity index (χ1v) is 4.62. The van der Waals surface area contributed by atoms with Crippen molar-refractivity contribution in [3.63, 3.8) is 0 Å². The Morgan fingerprint density at radius 2 is 2.29 bits per heavy atom. The molecule has 0 spiro atoms. The molecule has 1 aromatic rings. The van der Waals surface area contributed by atoms with Gasteiger partial charge in [-0.05, 0) is 26.0 Å². The molecular weight excluding hydrogens is 178 g/mol. The van der Waals surface area contributed by atoms with Gasteiger partial charge >= 0.3 is 0 Å². The molecular formula is C11H15NO2. The number of carbonyl (C=O) groups is 1. The minimum absolute atomic E-state index is 0.0469. The minimum atomic E-state index is -0.393. The number of aliphatic hydroxyl groups is 1. The van der Waals surface area contributed by atoms with Crippen LogP contribution in [0.4, 0.5) is 5.69 Å². The van der Waals surface area contributed by atoms with Crippen LogP contribution < -0.4 is 5.32 Å². The highest BCUT2D eigenvalue weighted by Gasteiger charge is 2.00. The van der Waals surface area contributed by atoms with Crippen LogP contribution in [0.25, 0.3) is 0 Å². The molecule has 0 bridgehead atoms. The lowest BCUT2D eigenvalue weighted by Crippen LogP contribution is -2.15. The fourth-order valence-electron chi connectivity index (χ4n) is 1.11. The van der Waals surface area contributed by atoms with Crippen LogP contribution in [-0.4, -0.2) is 23.5 Å². The van der Waals surface area contributed by atoms with E-state index in [4.69, 9.17) is 5.11 Å². The molecule has 0 aliphatic rings. The van der Waals surface area contributed by atoms with E-state index < -0.39 is 6.10 Å². The van der Waals surface area contributed by atoms with Crippen molar-refractivity contribution in [3.8, 4) is 0 Å². The first-order chi connectivity index (χ1) is 6.59. The van der Waals surface area contributed by atoms with Crippen LogP contribution in [0.5, 0.6) is 0 Å². The first-order valence-electron chi connectivity index (χ1n) is 4.62. The summed E-state index contributed by atoms with van der Waals surface area (Å²) in [6.07, 6.45) is -0.393. The lowest BCUT2D eigenvalue weighted by atomic mass is 10.1. The van der Waals surface area contributed by atoms with Gasteiger partial charge in [-0.15, -0.1) is 0 Å². The molecule has 0 radical (unpaired) electrons. The molecule has 1 atom stereocenters. The van der Waals surface area contributed by atoms with E-state index in [0.29, 0.717) is 12.1 Å². The summed E-state index contributed by atoms with van der Waals surface area (Å²) < 4.78 is 0. The number of aliphatic hydroxyl groups excluding tert-OH is 1. The third-order valence-electron chi connectivity index (χ3n) is 1.87. The van der Waals surface area contributed by atoms with Gasteiger partial charge in [0.25, 0.3) is 0 Å². The molecule has 0 aromatic heterocycles. The monoisotopic (exact) mass is 193 g/mol. The number of hydrogen-bond donors (Lipinski definition) is 2. The van der Waals surface area contributed by atoms with Crippen LogP contribution in [0.2, 0.25) is 0 Å². The van der Waals surface area contributed by atoms with Crippen LogP contribution in [0.3, 0.4) is 0 Å². The molecule has 0 heterocycles. The van der Waals surface area contributed by atoms with Crippen molar-refractivity contribution in [2.45, 2.75) is 20.0 Å². The van der Waals surface area contributed by atoms with Gasteiger partial charge in [-0.3, -0.25) is 4.79 Å². The van der Waals surface area contributed by atoms with E-state index >= 15 is 0 Å². The van der Waals surface area contributed by atoms with Gasteiger partial charge in [0, 0.05) is 17.8 Å². The second kappa shape index (κ2) is 4.77. The number of ketones is 1. The largest absolute Gasteiger partial charge is 0.392 e. The smallest absolute Gasteiger partial charge is 0.159 e.